The maximum absolute atomic E-state index is 12.9. The van der Waals surface area contributed by atoms with Gasteiger partial charge in [-0.25, -0.2) is 4.99 Å². The van der Waals surface area contributed by atoms with Gasteiger partial charge in [-0.1, -0.05) is 19.6 Å². The number of rotatable bonds is 7. The number of hydrogen-bond donors (Lipinski definition) is 0. The minimum Gasteiger partial charge on any atom is -0.384 e. The van der Waals surface area contributed by atoms with Gasteiger partial charge in [-0.2, -0.15) is 0 Å². The van der Waals surface area contributed by atoms with Gasteiger partial charge in [0, 0.05) is 57.4 Å². The van der Waals surface area contributed by atoms with E-state index in [0.29, 0.717) is 37.3 Å². The number of nitrogens with zero attached hydrogens (tertiary/aromatic N) is 4. The standard InChI is InChI=1S/C28H40N4O3/c1-4-6-22-21-11-13-30(25(33)5-2)17-23(21)27(20-9-10-20)29-28(22)31-14-15-32(26(34)12-16-35-3)24(18-31)19-7-8-19/h5-6,19-21,24H,2,4,7-18H2,1,3H3. The molecular weight excluding hydrogens is 440 g/mol. The number of piperidine rings is 1. The highest BCUT2D eigenvalue weighted by Gasteiger charge is 2.45. The van der Waals surface area contributed by atoms with E-state index in [-0.39, 0.29) is 17.9 Å². The normalized spacial score (nSPS) is 28.2. The predicted octanol–water partition coefficient (Wildman–Crippen LogP) is 3.39. The van der Waals surface area contributed by atoms with Crippen LogP contribution in [0.3, 0.4) is 0 Å². The van der Waals surface area contributed by atoms with E-state index in [2.05, 4.69) is 29.4 Å². The number of amides is 2. The second-order valence-electron chi connectivity index (χ2n) is 10.7. The van der Waals surface area contributed by atoms with Crippen LogP contribution in [0.15, 0.2) is 40.6 Å². The predicted molar refractivity (Wildman–Crippen MR) is 137 cm³/mol. The third-order valence-corrected chi connectivity index (χ3v) is 8.26. The summed E-state index contributed by atoms with van der Waals surface area (Å²) in [5, 5.41) is 0. The first-order valence-electron chi connectivity index (χ1n) is 13.5. The summed E-state index contributed by atoms with van der Waals surface area (Å²) >= 11 is 0. The van der Waals surface area contributed by atoms with Gasteiger partial charge in [-0.3, -0.25) is 9.59 Å². The maximum Gasteiger partial charge on any atom is 0.246 e. The highest BCUT2D eigenvalue weighted by molar-refractivity contribution is 6.01. The van der Waals surface area contributed by atoms with E-state index in [0.717, 1.165) is 44.9 Å². The summed E-state index contributed by atoms with van der Waals surface area (Å²) in [6, 6.07) is 0.264. The zero-order chi connectivity index (χ0) is 24.5. The summed E-state index contributed by atoms with van der Waals surface area (Å²) in [7, 11) is 1.66. The number of likely N-dealkylation sites (tertiary alicyclic amines) is 1. The third-order valence-electron chi connectivity index (χ3n) is 8.26. The molecule has 0 aromatic carbocycles. The molecule has 2 atom stereocenters. The second-order valence-corrected chi connectivity index (χ2v) is 10.7. The van der Waals surface area contributed by atoms with Gasteiger partial charge in [0.15, 0.2) is 0 Å². The molecule has 0 aromatic rings. The summed E-state index contributed by atoms with van der Waals surface area (Å²) in [6.07, 6.45) is 11.0. The van der Waals surface area contributed by atoms with Crippen LogP contribution in [0.1, 0.15) is 51.9 Å². The van der Waals surface area contributed by atoms with E-state index in [1.54, 1.807) is 7.11 Å². The highest BCUT2D eigenvalue weighted by Crippen LogP contribution is 2.47. The number of hydrogen-bond acceptors (Lipinski definition) is 5. The Morgan fingerprint density at radius 3 is 2.60 bits per heavy atom. The number of ether oxygens (including phenoxy) is 1. The average Bonchev–Trinajstić information content (AvgIpc) is 3.79. The van der Waals surface area contributed by atoms with E-state index >= 15 is 0 Å². The lowest BCUT2D eigenvalue weighted by Gasteiger charge is -2.46. The molecule has 2 amide bonds. The van der Waals surface area contributed by atoms with Crippen LogP contribution >= 0.6 is 0 Å². The maximum atomic E-state index is 12.9. The van der Waals surface area contributed by atoms with E-state index < -0.39 is 0 Å². The van der Waals surface area contributed by atoms with Crippen molar-refractivity contribution < 1.29 is 14.3 Å². The Hall–Kier alpha value is -2.41. The van der Waals surface area contributed by atoms with Gasteiger partial charge in [-0.15, -0.1) is 0 Å². The van der Waals surface area contributed by atoms with Gasteiger partial charge in [0.1, 0.15) is 5.84 Å². The van der Waals surface area contributed by atoms with Gasteiger partial charge in [0.2, 0.25) is 11.8 Å². The van der Waals surface area contributed by atoms with Gasteiger partial charge in [-0.05, 0) is 61.7 Å². The largest absolute Gasteiger partial charge is 0.384 e. The summed E-state index contributed by atoms with van der Waals surface area (Å²) < 4.78 is 5.17. The van der Waals surface area contributed by atoms with Crippen LogP contribution in [0.2, 0.25) is 0 Å². The van der Waals surface area contributed by atoms with Crippen LogP contribution < -0.4 is 0 Å². The topological polar surface area (TPSA) is 65.5 Å². The van der Waals surface area contributed by atoms with Crippen molar-refractivity contribution in [2.75, 3.05) is 46.4 Å². The van der Waals surface area contributed by atoms with Crippen molar-refractivity contribution in [3.05, 3.63) is 35.6 Å². The Morgan fingerprint density at radius 1 is 1.14 bits per heavy atom. The Kier molecular flexibility index (Phi) is 7.14. The molecule has 5 aliphatic rings. The molecule has 2 unspecified atom stereocenters. The number of piperazine rings is 1. The van der Waals surface area contributed by atoms with Crippen LogP contribution in [0.4, 0.5) is 0 Å². The van der Waals surface area contributed by atoms with Crippen molar-refractivity contribution in [3.8, 4) is 0 Å². The van der Waals surface area contributed by atoms with Crippen molar-refractivity contribution in [2.45, 2.75) is 57.9 Å². The van der Waals surface area contributed by atoms with E-state index in [1.807, 2.05) is 4.90 Å². The van der Waals surface area contributed by atoms with Crippen LogP contribution in [0, 0.1) is 17.8 Å². The van der Waals surface area contributed by atoms with Crippen LogP contribution in [-0.2, 0) is 14.3 Å². The molecule has 2 aliphatic carbocycles. The van der Waals surface area contributed by atoms with Crippen molar-refractivity contribution in [3.63, 3.8) is 0 Å². The monoisotopic (exact) mass is 480 g/mol. The molecular formula is C28H40N4O3. The Labute approximate surface area is 209 Å². The summed E-state index contributed by atoms with van der Waals surface area (Å²) in [5.74, 6) is 2.85. The molecule has 0 bridgehead atoms. The first kappa shape index (κ1) is 24.3. The van der Waals surface area contributed by atoms with Crippen LogP contribution in [0.5, 0.6) is 0 Å². The van der Waals surface area contributed by atoms with Gasteiger partial charge < -0.3 is 19.4 Å². The van der Waals surface area contributed by atoms with Gasteiger partial charge >= 0.3 is 0 Å². The molecule has 7 nitrogen and oxygen atoms in total. The first-order valence-corrected chi connectivity index (χ1v) is 13.5. The molecule has 7 heteroatoms. The molecule has 0 N–H and O–H groups in total. The molecule has 2 saturated heterocycles. The van der Waals surface area contributed by atoms with Crippen molar-refractivity contribution in [1.82, 2.24) is 14.7 Å². The van der Waals surface area contributed by atoms with Crippen molar-refractivity contribution in [1.29, 1.82) is 0 Å². The van der Waals surface area contributed by atoms with Gasteiger partial charge in [0.25, 0.3) is 0 Å². The molecule has 0 radical (unpaired) electrons. The van der Waals surface area contributed by atoms with E-state index in [1.165, 1.54) is 48.6 Å². The molecule has 3 heterocycles. The fourth-order valence-electron chi connectivity index (χ4n) is 6.13. The van der Waals surface area contributed by atoms with Crippen molar-refractivity contribution >= 4 is 17.6 Å². The third kappa shape index (κ3) is 4.97. The minimum absolute atomic E-state index is 0.0171. The lowest BCUT2D eigenvalue weighted by molar-refractivity contribution is -0.137. The summed E-state index contributed by atoms with van der Waals surface area (Å²) in [5.41, 5.74) is 3.93. The minimum atomic E-state index is 0.0171. The Bertz CT molecular complexity index is 959. The zero-order valence-electron chi connectivity index (χ0n) is 21.4. The van der Waals surface area contributed by atoms with Crippen molar-refractivity contribution in [2.24, 2.45) is 22.7 Å². The van der Waals surface area contributed by atoms with Gasteiger partial charge in [0.05, 0.1) is 19.1 Å². The number of carbonyl (C=O) groups is 2. The zero-order valence-corrected chi connectivity index (χ0v) is 21.4. The number of allylic oxidation sites excluding steroid dienone is 2. The number of amidine groups is 1. The second kappa shape index (κ2) is 10.3. The molecule has 4 fully saturated rings. The molecule has 35 heavy (non-hydrogen) atoms. The lowest BCUT2D eigenvalue weighted by Crippen LogP contribution is -2.58. The lowest BCUT2D eigenvalue weighted by atomic mass is 9.79. The summed E-state index contributed by atoms with van der Waals surface area (Å²) in [4.78, 5) is 37.2. The van der Waals surface area contributed by atoms with E-state index in [4.69, 9.17) is 9.73 Å². The highest BCUT2D eigenvalue weighted by atomic mass is 16.5. The van der Waals surface area contributed by atoms with E-state index in [9.17, 15) is 9.59 Å². The van der Waals surface area contributed by atoms with Crippen LogP contribution in [0.25, 0.3) is 0 Å². The molecule has 5 rings (SSSR count). The smallest absolute Gasteiger partial charge is 0.246 e. The summed E-state index contributed by atoms with van der Waals surface area (Å²) in [6.45, 7) is 10.3. The number of fused-ring (bicyclic) bond motifs is 1. The fraction of sp³-hybridized carbons (Fsp3) is 0.679. The Morgan fingerprint density at radius 2 is 1.94 bits per heavy atom. The number of methoxy groups -OCH3 is 1. The Balaban J connectivity index is 1.44. The number of aliphatic imine (C=N–C) groups is 1. The fourth-order valence-corrected chi connectivity index (χ4v) is 6.13. The first-order chi connectivity index (χ1) is 17.0. The number of carbonyl (C=O) groups excluding carboxylic acids is 2. The van der Waals surface area contributed by atoms with Crippen LogP contribution in [-0.4, -0.2) is 84.8 Å². The molecule has 0 spiro atoms. The average molecular weight is 481 g/mol. The quantitative estimate of drug-likeness (QED) is 0.524. The SMILES string of the molecule is C=CC(=O)N1CCC2C(=CCC)C(N3CCN(C(=O)CCOC)C(C4CC4)C3)=NC(C3CC3)=C2C1. The molecule has 0 aromatic heterocycles. The molecule has 3 aliphatic heterocycles. The molecule has 2 saturated carbocycles. The molecule has 190 valence electrons.